The van der Waals surface area contributed by atoms with Gasteiger partial charge in [-0.25, -0.2) is 5.43 Å². The van der Waals surface area contributed by atoms with Gasteiger partial charge < -0.3 is 5.32 Å². The van der Waals surface area contributed by atoms with Crippen LogP contribution < -0.4 is 10.7 Å². The van der Waals surface area contributed by atoms with Crippen molar-refractivity contribution in [3.63, 3.8) is 0 Å². The molecule has 0 atom stereocenters. The Hall–Kier alpha value is -3.73. The van der Waals surface area contributed by atoms with Crippen LogP contribution in [0.25, 0.3) is 0 Å². The second-order valence-electron chi connectivity index (χ2n) is 6.91. The zero-order valence-corrected chi connectivity index (χ0v) is 17.1. The number of carbonyl (C=O) groups is 2. The van der Waals surface area contributed by atoms with Crippen molar-refractivity contribution < 1.29 is 9.59 Å². The van der Waals surface area contributed by atoms with Gasteiger partial charge in [-0.2, -0.15) is 5.10 Å². The first kappa shape index (κ1) is 21.0. The molecule has 152 valence electrons. The first-order valence-electron chi connectivity index (χ1n) is 9.92. The fourth-order valence-corrected chi connectivity index (χ4v) is 3.10. The van der Waals surface area contributed by atoms with Crippen molar-refractivity contribution in [2.45, 2.75) is 26.2 Å². The van der Waals surface area contributed by atoms with E-state index in [9.17, 15) is 9.59 Å². The molecule has 30 heavy (non-hydrogen) atoms. The van der Waals surface area contributed by atoms with E-state index in [1.807, 2.05) is 91.9 Å². The molecule has 2 amide bonds. The molecule has 0 fully saturated rings. The van der Waals surface area contributed by atoms with Crippen molar-refractivity contribution >= 4 is 23.2 Å². The number of rotatable bonds is 7. The highest BCUT2D eigenvalue weighted by Gasteiger charge is 2.22. The van der Waals surface area contributed by atoms with E-state index in [2.05, 4.69) is 15.8 Å². The quantitative estimate of drug-likeness (QED) is 0.446. The standard InChI is InChI=1S/C25H25N3O2/c1-3-23(29)26-22-16-14-19(15-17-22)18(2)27-28-25(30)24(20-10-6-4-7-11-20)21-12-8-5-9-13-21/h4-17,24H,3H2,1-2H3,(H,26,29)(H,28,30)/b27-18+. The molecule has 0 aliphatic carbocycles. The van der Waals surface area contributed by atoms with E-state index in [4.69, 9.17) is 0 Å². The van der Waals surface area contributed by atoms with Gasteiger partial charge in [0.25, 0.3) is 5.91 Å². The highest BCUT2D eigenvalue weighted by atomic mass is 16.2. The summed E-state index contributed by atoms with van der Waals surface area (Å²) in [7, 11) is 0. The second kappa shape index (κ2) is 10.2. The zero-order chi connectivity index (χ0) is 21.3. The average Bonchev–Trinajstić information content (AvgIpc) is 2.79. The smallest absolute Gasteiger partial charge is 0.252 e. The maximum atomic E-state index is 13.0. The maximum Gasteiger partial charge on any atom is 0.252 e. The molecule has 3 rings (SSSR count). The molecule has 0 aliphatic heterocycles. The fraction of sp³-hybridized carbons (Fsp3) is 0.160. The zero-order valence-electron chi connectivity index (χ0n) is 17.1. The van der Waals surface area contributed by atoms with Crippen LogP contribution in [0.4, 0.5) is 5.69 Å². The Balaban J connectivity index is 1.76. The van der Waals surface area contributed by atoms with Gasteiger partial charge in [-0.1, -0.05) is 79.7 Å². The van der Waals surface area contributed by atoms with Crippen molar-refractivity contribution in [3.05, 3.63) is 102 Å². The van der Waals surface area contributed by atoms with Crippen molar-refractivity contribution in [3.8, 4) is 0 Å². The van der Waals surface area contributed by atoms with Crippen LogP contribution in [-0.2, 0) is 9.59 Å². The summed E-state index contributed by atoms with van der Waals surface area (Å²) >= 11 is 0. The average molecular weight is 399 g/mol. The highest BCUT2D eigenvalue weighted by Crippen LogP contribution is 2.24. The molecule has 5 heteroatoms. The third-order valence-corrected chi connectivity index (χ3v) is 4.77. The van der Waals surface area contributed by atoms with Crippen LogP contribution in [0.2, 0.25) is 0 Å². The van der Waals surface area contributed by atoms with E-state index in [0.717, 1.165) is 22.4 Å². The Morgan fingerprint density at radius 1 is 0.833 bits per heavy atom. The van der Waals surface area contributed by atoms with E-state index in [1.165, 1.54) is 0 Å². The lowest BCUT2D eigenvalue weighted by molar-refractivity contribution is -0.121. The van der Waals surface area contributed by atoms with Crippen molar-refractivity contribution in [2.24, 2.45) is 5.10 Å². The monoisotopic (exact) mass is 399 g/mol. The first-order chi connectivity index (χ1) is 14.6. The number of hydrazone groups is 1. The highest BCUT2D eigenvalue weighted by molar-refractivity contribution is 6.00. The lowest BCUT2D eigenvalue weighted by atomic mass is 9.91. The molecule has 0 saturated carbocycles. The topological polar surface area (TPSA) is 70.6 Å². The van der Waals surface area contributed by atoms with Crippen LogP contribution in [0.15, 0.2) is 90.0 Å². The SMILES string of the molecule is CCC(=O)Nc1ccc(/C(C)=N/NC(=O)C(c2ccccc2)c2ccccc2)cc1. The Kier molecular flexibility index (Phi) is 7.11. The largest absolute Gasteiger partial charge is 0.326 e. The van der Waals surface area contributed by atoms with Gasteiger partial charge in [0, 0.05) is 12.1 Å². The van der Waals surface area contributed by atoms with Crippen LogP contribution in [0.1, 0.15) is 42.9 Å². The molecule has 0 spiro atoms. The molecule has 0 aliphatic rings. The Bertz CT molecular complexity index is 974. The summed E-state index contributed by atoms with van der Waals surface area (Å²) in [5.74, 6) is -0.678. The predicted octanol–water partition coefficient (Wildman–Crippen LogP) is 4.71. The van der Waals surface area contributed by atoms with Gasteiger partial charge in [-0.05, 0) is 35.7 Å². The summed E-state index contributed by atoms with van der Waals surface area (Å²) in [5.41, 5.74) is 6.80. The minimum atomic E-state index is -0.449. The molecule has 0 aromatic heterocycles. The van der Waals surface area contributed by atoms with E-state index in [0.29, 0.717) is 12.1 Å². The van der Waals surface area contributed by atoms with Gasteiger partial charge in [-0.3, -0.25) is 9.59 Å². The Morgan fingerprint density at radius 3 is 1.87 bits per heavy atom. The number of anilines is 1. The molecule has 0 unspecified atom stereocenters. The molecule has 0 bridgehead atoms. The molecule has 2 N–H and O–H groups in total. The van der Waals surface area contributed by atoms with Crippen LogP contribution in [0.5, 0.6) is 0 Å². The van der Waals surface area contributed by atoms with Gasteiger partial charge >= 0.3 is 0 Å². The molecule has 3 aromatic rings. The van der Waals surface area contributed by atoms with Crippen molar-refractivity contribution in [2.75, 3.05) is 5.32 Å². The first-order valence-corrected chi connectivity index (χ1v) is 9.92. The number of nitrogens with zero attached hydrogens (tertiary/aromatic N) is 1. The third kappa shape index (κ3) is 5.41. The van der Waals surface area contributed by atoms with Crippen molar-refractivity contribution in [1.82, 2.24) is 5.43 Å². The molecule has 0 saturated heterocycles. The molecular weight excluding hydrogens is 374 g/mol. The number of amides is 2. The van der Waals surface area contributed by atoms with Gasteiger partial charge in [0.05, 0.1) is 11.6 Å². The van der Waals surface area contributed by atoms with Crippen LogP contribution in [0, 0.1) is 0 Å². The number of nitrogens with one attached hydrogen (secondary N) is 2. The lowest BCUT2D eigenvalue weighted by Gasteiger charge is -2.16. The lowest BCUT2D eigenvalue weighted by Crippen LogP contribution is -2.27. The number of hydrogen-bond donors (Lipinski definition) is 2. The van der Waals surface area contributed by atoms with Gasteiger partial charge in [0.2, 0.25) is 5.91 Å². The van der Waals surface area contributed by atoms with Gasteiger partial charge in [-0.15, -0.1) is 0 Å². The van der Waals surface area contributed by atoms with Crippen LogP contribution in [0.3, 0.4) is 0 Å². The normalized spacial score (nSPS) is 11.2. The van der Waals surface area contributed by atoms with Crippen LogP contribution >= 0.6 is 0 Å². The van der Waals surface area contributed by atoms with Crippen LogP contribution in [-0.4, -0.2) is 17.5 Å². The Labute approximate surface area is 176 Å². The summed E-state index contributed by atoms with van der Waals surface area (Å²) in [6.45, 7) is 3.64. The minimum absolute atomic E-state index is 0.0340. The number of carbonyl (C=O) groups excluding carboxylic acids is 2. The van der Waals surface area contributed by atoms with Gasteiger partial charge in [0.1, 0.15) is 0 Å². The molecule has 3 aromatic carbocycles. The molecule has 0 radical (unpaired) electrons. The van der Waals surface area contributed by atoms with Crippen molar-refractivity contribution in [1.29, 1.82) is 0 Å². The number of benzene rings is 3. The summed E-state index contributed by atoms with van der Waals surface area (Å²) in [6.07, 6.45) is 0.429. The summed E-state index contributed by atoms with van der Waals surface area (Å²) in [5, 5.41) is 7.11. The summed E-state index contributed by atoms with van der Waals surface area (Å²) < 4.78 is 0. The van der Waals surface area contributed by atoms with Gasteiger partial charge in [0.15, 0.2) is 0 Å². The minimum Gasteiger partial charge on any atom is -0.326 e. The fourth-order valence-electron chi connectivity index (χ4n) is 3.10. The second-order valence-corrected chi connectivity index (χ2v) is 6.91. The number of hydrogen-bond acceptors (Lipinski definition) is 3. The molecule has 5 nitrogen and oxygen atoms in total. The Morgan fingerprint density at radius 2 is 1.37 bits per heavy atom. The third-order valence-electron chi connectivity index (χ3n) is 4.77. The van der Waals surface area contributed by atoms with E-state index >= 15 is 0 Å². The summed E-state index contributed by atoms with van der Waals surface area (Å²) in [6, 6.07) is 26.7. The molecular formula is C25H25N3O2. The van der Waals surface area contributed by atoms with E-state index in [-0.39, 0.29) is 11.8 Å². The van der Waals surface area contributed by atoms with E-state index < -0.39 is 5.92 Å². The predicted molar refractivity (Wildman–Crippen MR) is 120 cm³/mol. The van der Waals surface area contributed by atoms with E-state index in [1.54, 1.807) is 6.92 Å². The maximum absolute atomic E-state index is 13.0. The molecule has 0 heterocycles. The summed E-state index contributed by atoms with van der Waals surface area (Å²) in [4.78, 5) is 24.5.